The van der Waals surface area contributed by atoms with E-state index in [0.717, 1.165) is 25.9 Å². The molecular formula is C10H20N2O. The number of amides is 1. The van der Waals surface area contributed by atoms with Crippen LogP contribution in [-0.2, 0) is 4.79 Å². The van der Waals surface area contributed by atoms with Gasteiger partial charge in [-0.05, 0) is 26.3 Å². The minimum atomic E-state index is -0.245. The maximum absolute atomic E-state index is 11.8. The second-order valence-corrected chi connectivity index (χ2v) is 3.68. The molecule has 1 fully saturated rings. The second-order valence-electron chi connectivity index (χ2n) is 3.68. The van der Waals surface area contributed by atoms with Crippen molar-refractivity contribution in [3.05, 3.63) is 0 Å². The van der Waals surface area contributed by atoms with Crippen LogP contribution in [-0.4, -0.2) is 24.5 Å². The van der Waals surface area contributed by atoms with E-state index in [1.807, 2.05) is 6.92 Å². The van der Waals surface area contributed by atoms with E-state index in [4.69, 9.17) is 0 Å². The van der Waals surface area contributed by atoms with Crippen molar-refractivity contribution < 1.29 is 4.79 Å². The van der Waals surface area contributed by atoms with Crippen LogP contribution in [0.4, 0.5) is 0 Å². The lowest BCUT2D eigenvalue weighted by Gasteiger charge is -2.28. The zero-order valence-corrected chi connectivity index (χ0v) is 8.65. The van der Waals surface area contributed by atoms with Crippen molar-refractivity contribution in [1.82, 2.24) is 10.6 Å². The summed E-state index contributed by atoms with van der Waals surface area (Å²) in [7, 11) is 0. The van der Waals surface area contributed by atoms with E-state index in [0.29, 0.717) is 0 Å². The highest BCUT2D eigenvalue weighted by atomic mass is 16.2. The first kappa shape index (κ1) is 10.5. The maximum Gasteiger partial charge on any atom is 0.240 e. The van der Waals surface area contributed by atoms with Gasteiger partial charge in [-0.2, -0.15) is 0 Å². The smallest absolute Gasteiger partial charge is 0.240 e. The highest BCUT2D eigenvalue weighted by Gasteiger charge is 2.39. The second kappa shape index (κ2) is 4.61. The molecule has 1 rings (SSSR count). The van der Waals surface area contributed by atoms with Gasteiger partial charge in [0.25, 0.3) is 0 Å². The van der Waals surface area contributed by atoms with E-state index in [9.17, 15) is 4.79 Å². The molecule has 0 saturated heterocycles. The lowest BCUT2D eigenvalue weighted by Crippen LogP contribution is -2.55. The van der Waals surface area contributed by atoms with E-state index in [2.05, 4.69) is 17.6 Å². The summed E-state index contributed by atoms with van der Waals surface area (Å²) in [5, 5.41) is 6.24. The molecule has 3 heteroatoms. The summed E-state index contributed by atoms with van der Waals surface area (Å²) in [5.41, 5.74) is -0.245. The highest BCUT2D eigenvalue weighted by Crippen LogP contribution is 2.29. The van der Waals surface area contributed by atoms with Gasteiger partial charge >= 0.3 is 0 Å². The molecule has 1 aliphatic carbocycles. The third-order valence-corrected chi connectivity index (χ3v) is 2.74. The fourth-order valence-corrected chi connectivity index (χ4v) is 2.13. The molecule has 1 saturated carbocycles. The molecule has 0 atom stereocenters. The summed E-state index contributed by atoms with van der Waals surface area (Å²) in [4.78, 5) is 11.8. The minimum Gasteiger partial charge on any atom is -0.355 e. The van der Waals surface area contributed by atoms with Gasteiger partial charge in [0.2, 0.25) is 5.91 Å². The Morgan fingerprint density at radius 1 is 1.23 bits per heavy atom. The van der Waals surface area contributed by atoms with Crippen molar-refractivity contribution in [2.24, 2.45) is 0 Å². The molecule has 0 aromatic rings. The lowest BCUT2D eigenvalue weighted by atomic mass is 9.96. The summed E-state index contributed by atoms with van der Waals surface area (Å²) >= 11 is 0. The van der Waals surface area contributed by atoms with Crippen molar-refractivity contribution in [3.63, 3.8) is 0 Å². The number of nitrogens with one attached hydrogen (secondary N) is 2. The van der Waals surface area contributed by atoms with Crippen molar-refractivity contribution >= 4 is 5.91 Å². The van der Waals surface area contributed by atoms with Gasteiger partial charge in [-0.25, -0.2) is 0 Å². The average Bonchev–Trinajstić information content (AvgIpc) is 2.55. The van der Waals surface area contributed by atoms with Crippen LogP contribution in [0.5, 0.6) is 0 Å². The molecule has 0 unspecified atom stereocenters. The first-order valence-corrected chi connectivity index (χ1v) is 5.28. The average molecular weight is 184 g/mol. The third-order valence-electron chi connectivity index (χ3n) is 2.74. The SMILES string of the molecule is CCNC(=O)C1(NCC)CCCC1. The molecule has 0 aromatic heterocycles. The van der Waals surface area contributed by atoms with Crippen LogP contribution in [0, 0.1) is 0 Å². The number of likely N-dealkylation sites (N-methyl/N-ethyl adjacent to an activating group) is 2. The Morgan fingerprint density at radius 2 is 1.85 bits per heavy atom. The Kier molecular flexibility index (Phi) is 3.72. The minimum absolute atomic E-state index is 0.189. The summed E-state index contributed by atoms with van der Waals surface area (Å²) in [6.45, 7) is 5.62. The molecule has 1 aliphatic rings. The van der Waals surface area contributed by atoms with Gasteiger partial charge in [0, 0.05) is 6.54 Å². The molecule has 13 heavy (non-hydrogen) atoms. The van der Waals surface area contributed by atoms with Gasteiger partial charge in [0.15, 0.2) is 0 Å². The van der Waals surface area contributed by atoms with Crippen LogP contribution in [0.3, 0.4) is 0 Å². The van der Waals surface area contributed by atoms with Gasteiger partial charge in [0.05, 0.1) is 5.54 Å². The third kappa shape index (κ3) is 2.21. The van der Waals surface area contributed by atoms with E-state index < -0.39 is 0 Å². The van der Waals surface area contributed by atoms with Crippen LogP contribution >= 0.6 is 0 Å². The molecule has 1 amide bonds. The van der Waals surface area contributed by atoms with Gasteiger partial charge in [-0.15, -0.1) is 0 Å². The summed E-state index contributed by atoms with van der Waals surface area (Å²) in [6.07, 6.45) is 4.33. The van der Waals surface area contributed by atoms with Crippen LogP contribution in [0.15, 0.2) is 0 Å². The van der Waals surface area contributed by atoms with Gasteiger partial charge in [-0.3, -0.25) is 4.79 Å². The Morgan fingerprint density at radius 3 is 2.31 bits per heavy atom. The number of hydrogen-bond donors (Lipinski definition) is 2. The van der Waals surface area contributed by atoms with Gasteiger partial charge in [-0.1, -0.05) is 19.8 Å². The number of hydrogen-bond acceptors (Lipinski definition) is 2. The van der Waals surface area contributed by atoms with E-state index in [-0.39, 0.29) is 11.4 Å². The summed E-state index contributed by atoms with van der Waals surface area (Å²) in [5.74, 6) is 0.189. The van der Waals surface area contributed by atoms with E-state index in [1.54, 1.807) is 0 Å². The molecule has 2 N–H and O–H groups in total. The molecule has 0 heterocycles. The fourth-order valence-electron chi connectivity index (χ4n) is 2.13. The van der Waals surface area contributed by atoms with Crippen LogP contribution in [0.1, 0.15) is 39.5 Å². The first-order valence-electron chi connectivity index (χ1n) is 5.28. The highest BCUT2D eigenvalue weighted by molar-refractivity contribution is 5.86. The maximum atomic E-state index is 11.8. The molecule has 76 valence electrons. The Bertz CT molecular complexity index is 174. The van der Waals surface area contributed by atoms with Crippen LogP contribution in [0.2, 0.25) is 0 Å². The lowest BCUT2D eigenvalue weighted by molar-refractivity contribution is -0.127. The van der Waals surface area contributed by atoms with Crippen LogP contribution in [0.25, 0.3) is 0 Å². The quantitative estimate of drug-likeness (QED) is 0.685. The molecule has 0 aromatic carbocycles. The zero-order chi connectivity index (χ0) is 9.73. The van der Waals surface area contributed by atoms with Crippen molar-refractivity contribution in [2.45, 2.75) is 45.1 Å². The first-order chi connectivity index (χ1) is 6.25. The Balaban J connectivity index is 2.60. The number of carbonyl (C=O) groups excluding carboxylic acids is 1. The molecule has 0 spiro atoms. The van der Waals surface area contributed by atoms with E-state index in [1.165, 1.54) is 12.8 Å². The number of rotatable bonds is 4. The largest absolute Gasteiger partial charge is 0.355 e. The topological polar surface area (TPSA) is 41.1 Å². The molecule has 0 aliphatic heterocycles. The van der Waals surface area contributed by atoms with Gasteiger partial charge < -0.3 is 10.6 Å². The van der Waals surface area contributed by atoms with Gasteiger partial charge in [0.1, 0.15) is 0 Å². The molecule has 0 radical (unpaired) electrons. The predicted molar refractivity (Wildman–Crippen MR) is 53.6 cm³/mol. The summed E-state index contributed by atoms with van der Waals surface area (Å²) < 4.78 is 0. The molecule has 3 nitrogen and oxygen atoms in total. The Hall–Kier alpha value is -0.570. The van der Waals surface area contributed by atoms with Crippen molar-refractivity contribution in [3.8, 4) is 0 Å². The normalized spacial score (nSPS) is 20.2. The Labute approximate surface area is 80.3 Å². The summed E-state index contributed by atoms with van der Waals surface area (Å²) in [6, 6.07) is 0. The van der Waals surface area contributed by atoms with Crippen LogP contribution < -0.4 is 10.6 Å². The zero-order valence-electron chi connectivity index (χ0n) is 8.65. The standard InChI is InChI=1S/C10H20N2O/c1-3-11-9(13)10(12-4-2)7-5-6-8-10/h12H,3-8H2,1-2H3,(H,11,13). The van der Waals surface area contributed by atoms with Crippen molar-refractivity contribution in [1.29, 1.82) is 0 Å². The fraction of sp³-hybridized carbons (Fsp3) is 0.900. The molecule has 0 bridgehead atoms. The number of carbonyl (C=O) groups is 1. The van der Waals surface area contributed by atoms with E-state index >= 15 is 0 Å². The predicted octanol–water partition coefficient (Wildman–Crippen LogP) is 1.04. The van der Waals surface area contributed by atoms with Crippen molar-refractivity contribution in [2.75, 3.05) is 13.1 Å². The monoisotopic (exact) mass is 184 g/mol. The molecular weight excluding hydrogens is 164 g/mol.